The van der Waals surface area contributed by atoms with Crippen LogP contribution in [0.15, 0.2) is 12.4 Å². The second-order valence-electron chi connectivity index (χ2n) is 3.49. The molecule has 2 N–H and O–H groups in total. The van der Waals surface area contributed by atoms with Crippen molar-refractivity contribution in [2.75, 3.05) is 38.6 Å². The van der Waals surface area contributed by atoms with Crippen LogP contribution in [0.3, 0.4) is 0 Å². The van der Waals surface area contributed by atoms with Gasteiger partial charge in [-0.1, -0.05) is 0 Å². The van der Waals surface area contributed by atoms with Gasteiger partial charge in [0.15, 0.2) is 0 Å². The Morgan fingerprint density at radius 1 is 1.25 bits per heavy atom. The smallest absolute Gasteiger partial charge is 0.0719 e. The second kappa shape index (κ2) is 7.73. The molecule has 0 bridgehead atoms. The number of nitrogens with zero attached hydrogens (tertiary/aromatic N) is 3. The number of ether oxygens (including phenoxy) is 1. The number of nitrogen functional groups attached to an aromatic ring is 1. The first-order chi connectivity index (χ1) is 6.84. The Labute approximate surface area is 108 Å². The second-order valence-corrected chi connectivity index (χ2v) is 3.49. The molecule has 2 heterocycles. The van der Waals surface area contributed by atoms with Gasteiger partial charge in [0.05, 0.1) is 31.6 Å². The molecule has 0 aliphatic carbocycles. The highest BCUT2D eigenvalue weighted by atomic mass is 35.5. The molecule has 1 fully saturated rings. The highest BCUT2D eigenvalue weighted by molar-refractivity contribution is 5.85. The summed E-state index contributed by atoms with van der Waals surface area (Å²) in [6.45, 7) is 5.66. The molecule has 0 saturated carbocycles. The zero-order chi connectivity index (χ0) is 9.80. The zero-order valence-corrected chi connectivity index (χ0v) is 10.7. The number of nitrogens with two attached hydrogens (primary N) is 1. The average Bonchev–Trinajstić information content (AvgIpc) is 2.63. The van der Waals surface area contributed by atoms with Crippen molar-refractivity contribution >= 4 is 30.5 Å². The standard InChI is InChI=1S/C9H16N4O.2ClH/c10-9-7-11-13(8-9)2-1-12-3-5-14-6-4-12;;/h7-8H,1-6,10H2;2*1H. The van der Waals surface area contributed by atoms with Crippen LogP contribution in [0.25, 0.3) is 0 Å². The lowest BCUT2D eigenvalue weighted by atomic mass is 10.4. The van der Waals surface area contributed by atoms with E-state index in [-0.39, 0.29) is 24.8 Å². The molecule has 1 aromatic heterocycles. The lowest BCUT2D eigenvalue weighted by molar-refractivity contribution is 0.0360. The van der Waals surface area contributed by atoms with E-state index in [1.807, 2.05) is 10.9 Å². The number of rotatable bonds is 3. The molecule has 1 aromatic rings. The van der Waals surface area contributed by atoms with E-state index in [0.29, 0.717) is 0 Å². The highest BCUT2D eigenvalue weighted by Gasteiger charge is 2.09. The van der Waals surface area contributed by atoms with Gasteiger partial charge in [-0.25, -0.2) is 0 Å². The molecule has 0 atom stereocenters. The van der Waals surface area contributed by atoms with Gasteiger partial charge in [0.2, 0.25) is 0 Å². The molecule has 0 radical (unpaired) electrons. The van der Waals surface area contributed by atoms with Crippen molar-refractivity contribution < 1.29 is 4.74 Å². The molecular formula is C9H18Cl2N4O. The van der Waals surface area contributed by atoms with E-state index in [4.69, 9.17) is 10.5 Å². The Morgan fingerprint density at radius 2 is 1.94 bits per heavy atom. The van der Waals surface area contributed by atoms with Gasteiger partial charge in [0, 0.05) is 25.8 Å². The van der Waals surface area contributed by atoms with Crippen molar-refractivity contribution in [3.8, 4) is 0 Å². The monoisotopic (exact) mass is 268 g/mol. The van der Waals surface area contributed by atoms with Crippen molar-refractivity contribution in [1.82, 2.24) is 14.7 Å². The number of hydrogen-bond acceptors (Lipinski definition) is 4. The number of anilines is 1. The Balaban J connectivity index is 0.00000112. The fraction of sp³-hybridized carbons (Fsp3) is 0.667. The summed E-state index contributed by atoms with van der Waals surface area (Å²) in [6, 6.07) is 0. The van der Waals surface area contributed by atoms with E-state index in [1.54, 1.807) is 6.20 Å². The molecule has 94 valence electrons. The van der Waals surface area contributed by atoms with E-state index >= 15 is 0 Å². The fourth-order valence-electron chi connectivity index (χ4n) is 1.57. The molecule has 5 nitrogen and oxygen atoms in total. The molecule has 1 saturated heterocycles. The third kappa shape index (κ3) is 4.57. The Kier molecular flexibility index (Phi) is 7.49. The van der Waals surface area contributed by atoms with E-state index in [9.17, 15) is 0 Å². The van der Waals surface area contributed by atoms with E-state index < -0.39 is 0 Å². The van der Waals surface area contributed by atoms with Crippen molar-refractivity contribution in [2.24, 2.45) is 0 Å². The fourth-order valence-corrected chi connectivity index (χ4v) is 1.57. The molecule has 0 aromatic carbocycles. The summed E-state index contributed by atoms with van der Waals surface area (Å²) in [5.41, 5.74) is 6.30. The first-order valence-corrected chi connectivity index (χ1v) is 4.92. The number of morpholine rings is 1. The molecule has 0 amide bonds. The van der Waals surface area contributed by atoms with Gasteiger partial charge >= 0.3 is 0 Å². The molecule has 7 heteroatoms. The maximum atomic E-state index is 5.57. The first kappa shape index (κ1) is 15.5. The van der Waals surface area contributed by atoms with Crippen LogP contribution in [-0.4, -0.2) is 47.5 Å². The van der Waals surface area contributed by atoms with Crippen molar-refractivity contribution in [3.05, 3.63) is 12.4 Å². The summed E-state index contributed by atoms with van der Waals surface area (Å²) in [5, 5.41) is 4.13. The molecule has 2 rings (SSSR count). The van der Waals surface area contributed by atoms with Crippen LogP contribution in [0.4, 0.5) is 5.69 Å². The molecule has 1 aliphatic rings. The maximum Gasteiger partial charge on any atom is 0.0719 e. The Bertz CT molecular complexity index is 289. The van der Waals surface area contributed by atoms with Crippen molar-refractivity contribution in [2.45, 2.75) is 6.54 Å². The minimum absolute atomic E-state index is 0. The molecule has 1 aliphatic heterocycles. The summed E-state index contributed by atoms with van der Waals surface area (Å²) in [7, 11) is 0. The summed E-state index contributed by atoms with van der Waals surface area (Å²) in [6.07, 6.45) is 3.54. The topological polar surface area (TPSA) is 56.3 Å². The quantitative estimate of drug-likeness (QED) is 0.875. The third-order valence-corrected chi connectivity index (χ3v) is 2.40. The average molecular weight is 269 g/mol. The lowest BCUT2D eigenvalue weighted by Crippen LogP contribution is -2.38. The normalized spacial score (nSPS) is 16.2. The van der Waals surface area contributed by atoms with Gasteiger partial charge in [-0.15, -0.1) is 24.8 Å². The van der Waals surface area contributed by atoms with E-state index in [2.05, 4.69) is 10.00 Å². The molecule has 0 spiro atoms. The Morgan fingerprint density at radius 3 is 2.50 bits per heavy atom. The van der Waals surface area contributed by atoms with Crippen LogP contribution in [-0.2, 0) is 11.3 Å². The first-order valence-electron chi connectivity index (χ1n) is 4.92. The van der Waals surface area contributed by atoms with Crippen molar-refractivity contribution in [3.63, 3.8) is 0 Å². The van der Waals surface area contributed by atoms with Crippen LogP contribution in [0.5, 0.6) is 0 Å². The number of aromatic nitrogens is 2. The molecule has 16 heavy (non-hydrogen) atoms. The van der Waals surface area contributed by atoms with E-state index in [1.165, 1.54) is 0 Å². The molecule has 0 unspecified atom stereocenters. The minimum atomic E-state index is 0. The highest BCUT2D eigenvalue weighted by Crippen LogP contribution is 2.00. The summed E-state index contributed by atoms with van der Waals surface area (Å²) < 4.78 is 7.15. The van der Waals surface area contributed by atoms with Crippen LogP contribution in [0.1, 0.15) is 0 Å². The van der Waals surface area contributed by atoms with Crippen LogP contribution in [0.2, 0.25) is 0 Å². The predicted octanol–water partition coefficient (Wildman–Crippen LogP) is 0.641. The van der Waals surface area contributed by atoms with Gasteiger partial charge in [0.1, 0.15) is 0 Å². The SMILES string of the molecule is Cl.Cl.Nc1cnn(CCN2CCOCC2)c1. The zero-order valence-electron chi connectivity index (χ0n) is 9.04. The summed E-state index contributed by atoms with van der Waals surface area (Å²) >= 11 is 0. The number of halogens is 2. The lowest BCUT2D eigenvalue weighted by Gasteiger charge is -2.26. The van der Waals surface area contributed by atoms with E-state index in [0.717, 1.165) is 45.1 Å². The predicted molar refractivity (Wildman–Crippen MR) is 68.4 cm³/mol. The van der Waals surface area contributed by atoms with Crippen LogP contribution < -0.4 is 5.73 Å². The van der Waals surface area contributed by atoms with Gasteiger partial charge in [-0.05, 0) is 0 Å². The largest absolute Gasteiger partial charge is 0.396 e. The molecular weight excluding hydrogens is 251 g/mol. The van der Waals surface area contributed by atoms with Gasteiger partial charge in [-0.3, -0.25) is 9.58 Å². The minimum Gasteiger partial charge on any atom is -0.396 e. The van der Waals surface area contributed by atoms with Crippen LogP contribution >= 0.6 is 24.8 Å². The van der Waals surface area contributed by atoms with Crippen molar-refractivity contribution in [1.29, 1.82) is 0 Å². The number of hydrogen-bond donors (Lipinski definition) is 1. The third-order valence-electron chi connectivity index (χ3n) is 2.40. The van der Waals surface area contributed by atoms with Crippen LogP contribution in [0, 0.1) is 0 Å². The summed E-state index contributed by atoms with van der Waals surface area (Å²) in [4.78, 5) is 2.38. The van der Waals surface area contributed by atoms with Gasteiger partial charge < -0.3 is 10.5 Å². The summed E-state index contributed by atoms with van der Waals surface area (Å²) in [5.74, 6) is 0. The Hall–Kier alpha value is -0.490. The maximum absolute atomic E-state index is 5.57. The van der Waals surface area contributed by atoms with Gasteiger partial charge in [-0.2, -0.15) is 5.10 Å². The van der Waals surface area contributed by atoms with Gasteiger partial charge in [0.25, 0.3) is 0 Å².